The van der Waals surface area contributed by atoms with E-state index in [2.05, 4.69) is 9.97 Å². The lowest BCUT2D eigenvalue weighted by Crippen LogP contribution is -2.12. The van der Waals surface area contributed by atoms with Gasteiger partial charge in [-0.05, 0) is 12.5 Å². The van der Waals surface area contributed by atoms with E-state index >= 15 is 0 Å². The van der Waals surface area contributed by atoms with E-state index in [0.29, 0.717) is 0 Å². The van der Waals surface area contributed by atoms with Gasteiger partial charge in [0.05, 0.1) is 11.3 Å². The predicted molar refractivity (Wildman–Crippen MR) is 53.7 cm³/mol. The van der Waals surface area contributed by atoms with Crippen LogP contribution in [0.15, 0.2) is 23.7 Å². The SMILES string of the molecule is CC(O)=C(Cc1cnc(C(F)(F)F)nc1)C(=O)O. The smallest absolute Gasteiger partial charge is 0.451 e. The zero-order valence-corrected chi connectivity index (χ0v) is 9.19. The number of carboxylic acid groups (broad SMARTS) is 1. The molecule has 0 unspecified atom stereocenters. The van der Waals surface area contributed by atoms with Gasteiger partial charge in [0, 0.05) is 18.8 Å². The standard InChI is InChI=1S/C10H9F3N2O3/c1-5(16)7(8(17)18)2-6-3-14-9(15-4-6)10(11,12)13/h3-4,16H,2H2,1H3,(H,17,18). The molecule has 2 N–H and O–H groups in total. The van der Waals surface area contributed by atoms with Crippen LogP contribution < -0.4 is 0 Å². The summed E-state index contributed by atoms with van der Waals surface area (Å²) < 4.78 is 36.5. The highest BCUT2D eigenvalue weighted by Gasteiger charge is 2.34. The van der Waals surface area contributed by atoms with Gasteiger partial charge in [0.2, 0.25) is 5.82 Å². The Kier molecular flexibility index (Phi) is 3.89. The lowest BCUT2D eigenvalue weighted by Gasteiger charge is -2.06. The minimum atomic E-state index is -4.64. The molecule has 0 aliphatic carbocycles. The molecule has 0 amide bonds. The number of nitrogens with zero attached hydrogens (tertiary/aromatic N) is 2. The molecule has 0 saturated heterocycles. The summed E-state index contributed by atoms with van der Waals surface area (Å²) in [6.07, 6.45) is -3.14. The third-order valence-electron chi connectivity index (χ3n) is 2.03. The van der Waals surface area contributed by atoms with Gasteiger partial charge in [-0.3, -0.25) is 0 Å². The lowest BCUT2D eigenvalue weighted by atomic mass is 10.1. The Labute approximate surface area is 99.6 Å². The average molecular weight is 262 g/mol. The second-order valence-corrected chi connectivity index (χ2v) is 3.46. The molecule has 0 bridgehead atoms. The van der Waals surface area contributed by atoms with Crippen LogP contribution in [0.4, 0.5) is 13.2 Å². The molecule has 0 radical (unpaired) electrons. The monoisotopic (exact) mass is 262 g/mol. The summed E-state index contributed by atoms with van der Waals surface area (Å²) in [5.74, 6) is -3.06. The maximum atomic E-state index is 12.2. The quantitative estimate of drug-likeness (QED) is 0.642. The van der Waals surface area contributed by atoms with Crippen LogP contribution in [0.25, 0.3) is 0 Å². The van der Waals surface area contributed by atoms with Crippen molar-refractivity contribution >= 4 is 5.97 Å². The molecule has 1 rings (SSSR count). The Balaban J connectivity index is 2.94. The summed E-state index contributed by atoms with van der Waals surface area (Å²) in [6.45, 7) is 1.17. The summed E-state index contributed by atoms with van der Waals surface area (Å²) in [5, 5.41) is 17.9. The highest BCUT2D eigenvalue weighted by Crippen LogP contribution is 2.25. The van der Waals surface area contributed by atoms with E-state index < -0.39 is 23.7 Å². The molecule has 5 nitrogen and oxygen atoms in total. The van der Waals surface area contributed by atoms with Crippen LogP contribution in [0.1, 0.15) is 18.3 Å². The van der Waals surface area contributed by atoms with Crippen molar-refractivity contribution in [3.05, 3.63) is 35.1 Å². The van der Waals surface area contributed by atoms with E-state index in [9.17, 15) is 18.0 Å². The highest BCUT2D eigenvalue weighted by molar-refractivity contribution is 5.87. The molecule has 0 aliphatic heterocycles. The van der Waals surface area contributed by atoms with Crippen LogP contribution in [0, 0.1) is 0 Å². The first kappa shape index (κ1) is 13.9. The second kappa shape index (κ2) is 5.03. The van der Waals surface area contributed by atoms with Crippen molar-refractivity contribution in [2.45, 2.75) is 19.5 Å². The van der Waals surface area contributed by atoms with E-state index in [1.807, 2.05) is 0 Å². The number of carbonyl (C=O) groups is 1. The maximum absolute atomic E-state index is 12.2. The van der Waals surface area contributed by atoms with Gasteiger partial charge < -0.3 is 10.2 Å². The zero-order chi connectivity index (χ0) is 13.9. The number of hydrogen-bond acceptors (Lipinski definition) is 4. The van der Waals surface area contributed by atoms with Crippen molar-refractivity contribution in [3.8, 4) is 0 Å². The van der Waals surface area contributed by atoms with Crippen molar-refractivity contribution < 1.29 is 28.2 Å². The van der Waals surface area contributed by atoms with Crippen molar-refractivity contribution in [2.75, 3.05) is 0 Å². The fourth-order valence-corrected chi connectivity index (χ4v) is 1.15. The number of aliphatic carboxylic acids is 1. The van der Waals surface area contributed by atoms with Crippen molar-refractivity contribution in [2.24, 2.45) is 0 Å². The van der Waals surface area contributed by atoms with Crippen LogP contribution in [-0.4, -0.2) is 26.2 Å². The molecule has 0 spiro atoms. The van der Waals surface area contributed by atoms with Gasteiger partial charge in [0.25, 0.3) is 0 Å². The number of carboxylic acids is 1. The van der Waals surface area contributed by atoms with Gasteiger partial charge in [-0.2, -0.15) is 13.2 Å². The average Bonchev–Trinajstić information content (AvgIpc) is 2.24. The molecule has 1 aromatic heterocycles. The second-order valence-electron chi connectivity index (χ2n) is 3.46. The Hall–Kier alpha value is -2.12. The first-order chi connectivity index (χ1) is 8.21. The first-order valence-corrected chi connectivity index (χ1v) is 4.72. The van der Waals surface area contributed by atoms with Crippen LogP contribution >= 0.6 is 0 Å². The van der Waals surface area contributed by atoms with Crippen LogP contribution in [0.3, 0.4) is 0 Å². The first-order valence-electron chi connectivity index (χ1n) is 4.72. The Morgan fingerprint density at radius 2 is 1.78 bits per heavy atom. The molecule has 0 fully saturated rings. The van der Waals surface area contributed by atoms with Crippen molar-refractivity contribution in [1.82, 2.24) is 9.97 Å². The van der Waals surface area contributed by atoms with E-state index in [1.165, 1.54) is 6.92 Å². The summed E-state index contributed by atoms with van der Waals surface area (Å²) in [5.41, 5.74) is -0.160. The lowest BCUT2D eigenvalue weighted by molar-refractivity contribution is -0.145. The Morgan fingerprint density at radius 1 is 1.28 bits per heavy atom. The number of alkyl halides is 3. The van der Waals surface area contributed by atoms with E-state index in [4.69, 9.17) is 10.2 Å². The van der Waals surface area contributed by atoms with E-state index in [-0.39, 0.29) is 17.6 Å². The van der Waals surface area contributed by atoms with Gasteiger partial charge in [-0.25, -0.2) is 14.8 Å². The number of aliphatic hydroxyl groups is 1. The number of allylic oxidation sites excluding steroid dienone is 1. The molecule has 0 aliphatic rings. The topological polar surface area (TPSA) is 83.3 Å². The van der Waals surface area contributed by atoms with Crippen LogP contribution in [-0.2, 0) is 17.4 Å². The van der Waals surface area contributed by atoms with Crippen molar-refractivity contribution in [1.29, 1.82) is 0 Å². The molecule has 18 heavy (non-hydrogen) atoms. The molecule has 0 aromatic carbocycles. The Bertz CT molecular complexity index is 476. The van der Waals surface area contributed by atoms with Gasteiger partial charge in [-0.1, -0.05) is 0 Å². The number of aliphatic hydroxyl groups excluding tert-OH is 1. The van der Waals surface area contributed by atoms with E-state index in [1.54, 1.807) is 0 Å². The number of hydrogen-bond donors (Lipinski definition) is 2. The van der Waals surface area contributed by atoms with Gasteiger partial charge >= 0.3 is 12.1 Å². The molecule has 0 atom stereocenters. The van der Waals surface area contributed by atoms with Crippen LogP contribution in [0.5, 0.6) is 0 Å². The van der Waals surface area contributed by atoms with Crippen LogP contribution in [0.2, 0.25) is 0 Å². The fourth-order valence-electron chi connectivity index (χ4n) is 1.15. The van der Waals surface area contributed by atoms with Crippen molar-refractivity contribution in [3.63, 3.8) is 0 Å². The molecule has 0 saturated carbocycles. The summed E-state index contributed by atoms with van der Waals surface area (Å²) in [4.78, 5) is 16.9. The molecule has 1 aromatic rings. The van der Waals surface area contributed by atoms with E-state index in [0.717, 1.165) is 12.4 Å². The number of aromatic nitrogens is 2. The molecule has 1 heterocycles. The largest absolute Gasteiger partial charge is 0.512 e. The van der Waals surface area contributed by atoms with Gasteiger partial charge in [0.1, 0.15) is 0 Å². The Morgan fingerprint density at radius 3 is 2.11 bits per heavy atom. The minimum absolute atomic E-state index is 0.161. The van der Waals surface area contributed by atoms with Gasteiger partial charge in [-0.15, -0.1) is 0 Å². The number of halogens is 3. The summed E-state index contributed by atoms with van der Waals surface area (Å²) >= 11 is 0. The van der Waals surface area contributed by atoms with Gasteiger partial charge in [0.15, 0.2) is 0 Å². The molecular weight excluding hydrogens is 253 g/mol. The highest BCUT2D eigenvalue weighted by atomic mass is 19.4. The normalized spacial score (nSPS) is 13.1. The molecular formula is C10H9F3N2O3. The summed E-state index contributed by atoms with van der Waals surface area (Å²) in [6, 6.07) is 0. The minimum Gasteiger partial charge on any atom is -0.512 e. The third kappa shape index (κ3) is 3.44. The molecule has 8 heteroatoms. The maximum Gasteiger partial charge on any atom is 0.451 e. The fraction of sp³-hybridized carbons (Fsp3) is 0.300. The third-order valence-corrected chi connectivity index (χ3v) is 2.03. The molecule has 98 valence electrons. The number of rotatable bonds is 3. The summed E-state index contributed by atoms with van der Waals surface area (Å²) in [7, 11) is 0. The zero-order valence-electron chi connectivity index (χ0n) is 9.19. The predicted octanol–water partition coefficient (Wildman–Crippen LogP) is 1.95.